The van der Waals surface area contributed by atoms with Crippen LogP contribution in [-0.2, 0) is 4.79 Å². The maximum Gasteiger partial charge on any atom is 0.197 e. The molecule has 0 aromatic heterocycles. The van der Waals surface area contributed by atoms with Gasteiger partial charge < -0.3 is 0 Å². The molecule has 0 spiro atoms. The average molecular weight is 232 g/mol. The molecule has 0 saturated heterocycles. The first kappa shape index (κ1) is 11.5. The van der Waals surface area contributed by atoms with Gasteiger partial charge in [-0.25, -0.2) is 0 Å². The zero-order valence-corrected chi connectivity index (χ0v) is 10.1. The highest BCUT2D eigenvalue weighted by molar-refractivity contribution is 8.13. The van der Waals surface area contributed by atoms with Crippen LogP contribution in [0.5, 0.6) is 0 Å². The third-order valence-electron chi connectivity index (χ3n) is 2.73. The molecule has 1 aromatic rings. The first-order valence-corrected chi connectivity index (χ1v) is 6.60. The molecule has 0 heterocycles. The third kappa shape index (κ3) is 3.53. The van der Waals surface area contributed by atoms with Gasteiger partial charge in [0.05, 0.1) is 0 Å². The Hall–Kier alpha value is -1.02. The lowest BCUT2D eigenvalue weighted by Crippen LogP contribution is -1.98. The summed E-state index contributed by atoms with van der Waals surface area (Å²) in [5.41, 5.74) is 1.33. The number of carbonyl (C=O) groups excluding carboxylic acids is 1. The van der Waals surface area contributed by atoms with Gasteiger partial charge in [-0.05, 0) is 37.8 Å². The molecule has 0 fully saturated rings. The first-order valence-electron chi connectivity index (χ1n) is 5.78. The largest absolute Gasteiger partial charge is 0.286 e. The van der Waals surface area contributed by atoms with Crippen molar-refractivity contribution in [2.45, 2.75) is 37.0 Å². The van der Waals surface area contributed by atoms with Crippen LogP contribution in [0.1, 0.15) is 32.1 Å². The molecular weight excluding hydrogens is 216 g/mol. The number of carbonyl (C=O) groups is 1. The molecule has 0 saturated carbocycles. The third-order valence-corrected chi connectivity index (χ3v) is 3.61. The van der Waals surface area contributed by atoms with Crippen LogP contribution in [0.3, 0.4) is 0 Å². The summed E-state index contributed by atoms with van der Waals surface area (Å²) in [5.74, 6) is 0. The number of rotatable bonds is 3. The van der Waals surface area contributed by atoms with E-state index in [1.807, 2.05) is 30.3 Å². The van der Waals surface area contributed by atoms with E-state index >= 15 is 0 Å². The van der Waals surface area contributed by atoms with Crippen molar-refractivity contribution in [3.63, 3.8) is 0 Å². The summed E-state index contributed by atoms with van der Waals surface area (Å²) in [6.45, 7) is 0. The molecule has 0 amide bonds. The monoisotopic (exact) mass is 232 g/mol. The Balaban J connectivity index is 1.87. The fraction of sp³-hybridized carbons (Fsp3) is 0.357. The minimum atomic E-state index is 0.263. The molecule has 0 radical (unpaired) electrons. The molecule has 0 atom stereocenters. The van der Waals surface area contributed by atoms with E-state index < -0.39 is 0 Å². The Morgan fingerprint density at radius 3 is 2.69 bits per heavy atom. The van der Waals surface area contributed by atoms with E-state index in [4.69, 9.17) is 0 Å². The summed E-state index contributed by atoms with van der Waals surface area (Å²) < 4.78 is 0. The zero-order chi connectivity index (χ0) is 11.2. The number of thioether (sulfide) groups is 1. The molecule has 0 unspecified atom stereocenters. The van der Waals surface area contributed by atoms with E-state index in [-0.39, 0.29) is 5.12 Å². The highest BCUT2D eigenvalue weighted by Gasteiger charge is 2.10. The van der Waals surface area contributed by atoms with Gasteiger partial charge in [-0.3, -0.25) is 4.79 Å². The second-order valence-corrected chi connectivity index (χ2v) is 5.20. The summed E-state index contributed by atoms with van der Waals surface area (Å²) in [6, 6.07) is 9.87. The van der Waals surface area contributed by atoms with Crippen LogP contribution in [0.4, 0.5) is 0 Å². The van der Waals surface area contributed by atoms with Gasteiger partial charge in [-0.1, -0.05) is 41.6 Å². The van der Waals surface area contributed by atoms with Gasteiger partial charge >= 0.3 is 0 Å². The topological polar surface area (TPSA) is 17.1 Å². The Bertz CT molecular complexity index is 381. The molecule has 0 bridgehead atoms. The van der Waals surface area contributed by atoms with Crippen molar-refractivity contribution in [2.24, 2.45) is 0 Å². The van der Waals surface area contributed by atoms with Crippen LogP contribution in [0.2, 0.25) is 0 Å². The van der Waals surface area contributed by atoms with Crippen molar-refractivity contribution in [2.75, 3.05) is 0 Å². The van der Waals surface area contributed by atoms with Crippen LogP contribution in [0.25, 0.3) is 0 Å². The van der Waals surface area contributed by atoms with Crippen LogP contribution < -0.4 is 0 Å². The fourth-order valence-corrected chi connectivity index (χ4v) is 2.72. The van der Waals surface area contributed by atoms with E-state index in [9.17, 15) is 4.79 Å². The van der Waals surface area contributed by atoms with Crippen molar-refractivity contribution in [1.29, 1.82) is 0 Å². The van der Waals surface area contributed by atoms with Gasteiger partial charge in [0, 0.05) is 11.3 Å². The predicted molar refractivity (Wildman–Crippen MR) is 68.5 cm³/mol. The Kier molecular flexibility index (Phi) is 4.23. The average Bonchev–Trinajstić information content (AvgIpc) is 2.31. The predicted octanol–water partition coefficient (Wildman–Crippen LogP) is 4.20. The molecule has 16 heavy (non-hydrogen) atoms. The molecule has 1 nitrogen and oxygen atoms in total. The maximum atomic E-state index is 11.8. The van der Waals surface area contributed by atoms with E-state index in [1.165, 1.54) is 30.2 Å². The summed E-state index contributed by atoms with van der Waals surface area (Å²) in [6.07, 6.45) is 7.66. The first-order chi connectivity index (χ1) is 7.84. The van der Waals surface area contributed by atoms with Crippen LogP contribution in [0.15, 0.2) is 46.9 Å². The van der Waals surface area contributed by atoms with E-state index in [0.717, 1.165) is 17.7 Å². The van der Waals surface area contributed by atoms with Gasteiger partial charge in [-0.15, -0.1) is 0 Å². The van der Waals surface area contributed by atoms with Gasteiger partial charge in [0.2, 0.25) is 0 Å². The summed E-state index contributed by atoms with van der Waals surface area (Å²) >= 11 is 1.36. The number of hydrogen-bond acceptors (Lipinski definition) is 2. The van der Waals surface area contributed by atoms with Crippen molar-refractivity contribution in [3.8, 4) is 0 Å². The lowest BCUT2D eigenvalue weighted by Gasteiger charge is -2.11. The van der Waals surface area contributed by atoms with Crippen molar-refractivity contribution < 1.29 is 4.79 Å². The SMILES string of the molecule is O=C(CC1=CCCCC1)Sc1ccccc1. The lowest BCUT2D eigenvalue weighted by atomic mass is 9.98. The van der Waals surface area contributed by atoms with Gasteiger partial charge in [0.1, 0.15) is 0 Å². The van der Waals surface area contributed by atoms with Gasteiger partial charge in [-0.2, -0.15) is 0 Å². The Morgan fingerprint density at radius 2 is 2.00 bits per heavy atom. The van der Waals surface area contributed by atoms with Crippen molar-refractivity contribution in [3.05, 3.63) is 42.0 Å². The Labute approximate surface area is 101 Å². The van der Waals surface area contributed by atoms with E-state index in [2.05, 4.69) is 6.08 Å². The standard InChI is InChI=1S/C14H16OS/c15-14(11-12-7-3-1-4-8-12)16-13-9-5-2-6-10-13/h2,5-7,9-10H,1,3-4,8,11H2. The van der Waals surface area contributed by atoms with Crippen LogP contribution >= 0.6 is 11.8 Å². The molecule has 0 N–H and O–H groups in total. The van der Waals surface area contributed by atoms with E-state index in [0.29, 0.717) is 6.42 Å². The van der Waals surface area contributed by atoms with Crippen LogP contribution in [0, 0.1) is 0 Å². The van der Waals surface area contributed by atoms with Gasteiger partial charge in [0.25, 0.3) is 0 Å². The molecular formula is C14H16OS. The summed E-state index contributed by atoms with van der Waals surface area (Å²) in [4.78, 5) is 12.8. The minimum Gasteiger partial charge on any atom is -0.286 e. The normalized spacial score (nSPS) is 15.6. The number of benzene rings is 1. The second-order valence-electron chi connectivity index (χ2n) is 4.07. The smallest absolute Gasteiger partial charge is 0.197 e. The fourth-order valence-electron chi connectivity index (χ4n) is 1.91. The van der Waals surface area contributed by atoms with Crippen LogP contribution in [-0.4, -0.2) is 5.12 Å². The second kappa shape index (κ2) is 5.90. The molecule has 0 aliphatic heterocycles. The maximum absolute atomic E-state index is 11.8. The van der Waals surface area contributed by atoms with Gasteiger partial charge in [0.15, 0.2) is 5.12 Å². The molecule has 1 aliphatic carbocycles. The zero-order valence-electron chi connectivity index (χ0n) is 9.32. The molecule has 1 aromatic carbocycles. The van der Waals surface area contributed by atoms with Crippen molar-refractivity contribution >= 4 is 16.9 Å². The Morgan fingerprint density at radius 1 is 1.19 bits per heavy atom. The van der Waals surface area contributed by atoms with E-state index in [1.54, 1.807) is 0 Å². The summed E-state index contributed by atoms with van der Waals surface area (Å²) in [5, 5.41) is 0.263. The minimum absolute atomic E-state index is 0.263. The number of hydrogen-bond donors (Lipinski definition) is 0. The molecule has 84 valence electrons. The molecule has 1 aliphatic rings. The summed E-state index contributed by atoms with van der Waals surface area (Å²) in [7, 11) is 0. The quantitative estimate of drug-likeness (QED) is 0.574. The molecule has 2 rings (SSSR count). The highest BCUT2D eigenvalue weighted by atomic mass is 32.2. The number of allylic oxidation sites excluding steroid dienone is 2. The highest BCUT2D eigenvalue weighted by Crippen LogP contribution is 2.25. The van der Waals surface area contributed by atoms with Crippen molar-refractivity contribution in [1.82, 2.24) is 0 Å². The molecule has 2 heteroatoms. The lowest BCUT2D eigenvalue weighted by molar-refractivity contribution is -0.110.